The van der Waals surface area contributed by atoms with Crippen molar-refractivity contribution in [3.8, 4) is 0 Å². The molecule has 19 heavy (non-hydrogen) atoms. The number of aliphatic carboxylic acids is 1. The molecule has 2 rings (SSSR count). The number of carbonyl (C=O) groups is 1. The molecule has 6 nitrogen and oxygen atoms in total. The lowest BCUT2D eigenvalue weighted by molar-refractivity contribution is -0.148. The van der Waals surface area contributed by atoms with Crippen LogP contribution in [0, 0.1) is 12.3 Å². The molecular weight excluding hydrogens is 246 g/mol. The Balaban J connectivity index is 2.21. The smallest absolute Gasteiger partial charge is 0.313 e. The molecule has 1 saturated heterocycles. The standard InChI is InChI=1S/C13H19N3O3/c1-4-9-5-11(15-8(2)14-9)16-10-6-19-7-13(10,3)12(17)18/h5,10H,4,6-7H2,1-3H3,(H,17,18)(H,14,15,16). The van der Waals surface area contributed by atoms with Crippen LogP contribution in [0.4, 0.5) is 5.82 Å². The van der Waals surface area contributed by atoms with Crippen LogP contribution in [-0.4, -0.2) is 40.3 Å². The van der Waals surface area contributed by atoms with Gasteiger partial charge in [-0.15, -0.1) is 0 Å². The first-order valence-corrected chi connectivity index (χ1v) is 6.38. The molecule has 0 bridgehead atoms. The predicted molar refractivity (Wildman–Crippen MR) is 70.1 cm³/mol. The van der Waals surface area contributed by atoms with Crippen molar-refractivity contribution in [3.63, 3.8) is 0 Å². The third-order valence-electron chi connectivity index (χ3n) is 3.52. The van der Waals surface area contributed by atoms with Crippen LogP contribution in [-0.2, 0) is 16.0 Å². The summed E-state index contributed by atoms with van der Waals surface area (Å²) >= 11 is 0. The van der Waals surface area contributed by atoms with Crippen molar-refractivity contribution in [1.29, 1.82) is 0 Å². The van der Waals surface area contributed by atoms with Crippen molar-refractivity contribution in [2.24, 2.45) is 5.41 Å². The van der Waals surface area contributed by atoms with E-state index in [-0.39, 0.29) is 12.6 Å². The van der Waals surface area contributed by atoms with Crippen LogP contribution in [0.5, 0.6) is 0 Å². The Morgan fingerprint density at radius 3 is 3.00 bits per heavy atom. The molecule has 0 saturated carbocycles. The van der Waals surface area contributed by atoms with Crippen LogP contribution < -0.4 is 5.32 Å². The first kappa shape index (κ1) is 13.7. The minimum atomic E-state index is -0.925. The fraction of sp³-hybridized carbons (Fsp3) is 0.615. The molecule has 2 atom stereocenters. The van der Waals surface area contributed by atoms with Gasteiger partial charge < -0.3 is 15.2 Å². The van der Waals surface area contributed by atoms with E-state index in [0.29, 0.717) is 18.2 Å². The average molecular weight is 265 g/mol. The minimum Gasteiger partial charge on any atom is -0.481 e. The maximum absolute atomic E-state index is 11.4. The minimum absolute atomic E-state index is 0.213. The van der Waals surface area contributed by atoms with Crippen LogP contribution in [0.25, 0.3) is 0 Å². The van der Waals surface area contributed by atoms with Gasteiger partial charge in [0.15, 0.2) is 0 Å². The van der Waals surface area contributed by atoms with Gasteiger partial charge in [-0.25, -0.2) is 9.97 Å². The number of hydrogen-bond donors (Lipinski definition) is 2. The van der Waals surface area contributed by atoms with Crippen LogP contribution >= 0.6 is 0 Å². The van der Waals surface area contributed by atoms with Crippen LogP contribution in [0.1, 0.15) is 25.4 Å². The van der Waals surface area contributed by atoms with E-state index >= 15 is 0 Å². The van der Waals surface area contributed by atoms with E-state index in [1.807, 2.05) is 19.9 Å². The van der Waals surface area contributed by atoms with Gasteiger partial charge in [0.2, 0.25) is 0 Å². The lowest BCUT2D eigenvalue weighted by Crippen LogP contribution is -2.43. The number of aryl methyl sites for hydroxylation is 2. The molecule has 1 aliphatic rings. The zero-order valence-corrected chi connectivity index (χ0v) is 11.4. The van der Waals surface area contributed by atoms with E-state index in [4.69, 9.17) is 4.74 Å². The first-order chi connectivity index (χ1) is 8.95. The Morgan fingerprint density at radius 1 is 1.63 bits per heavy atom. The summed E-state index contributed by atoms with van der Waals surface area (Å²) in [5.41, 5.74) is 0.0107. The predicted octanol–water partition coefficient (Wildman–Crippen LogP) is 1.25. The molecule has 0 aromatic carbocycles. The summed E-state index contributed by atoms with van der Waals surface area (Å²) < 4.78 is 5.31. The highest BCUT2D eigenvalue weighted by Gasteiger charge is 2.46. The quantitative estimate of drug-likeness (QED) is 0.852. The van der Waals surface area contributed by atoms with Crippen molar-refractivity contribution < 1.29 is 14.6 Å². The molecule has 104 valence electrons. The number of hydrogen-bond acceptors (Lipinski definition) is 5. The van der Waals surface area contributed by atoms with Crippen molar-refractivity contribution in [3.05, 3.63) is 17.6 Å². The molecule has 0 aliphatic carbocycles. The molecule has 0 radical (unpaired) electrons. The van der Waals surface area contributed by atoms with E-state index in [1.54, 1.807) is 6.92 Å². The van der Waals surface area contributed by atoms with Crippen LogP contribution in [0.15, 0.2) is 6.07 Å². The number of aromatic nitrogens is 2. The zero-order chi connectivity index (χ0) is 14.0. The highest BCUT2D eigenvalue weighted by Crippen LogP contribution is 2.30. The van der Waals surface area contributed by atoms with Gasteiger partial charge in [0, 0.05) is 11.8 Å². The number of nitrogens with zero attached hydrogens (tertiary/aromatic N) is 2. The monoisotopic (exact) mass is 265 g/mol. The summed E-state index contributed by atoms with van der Waals surface area (Å²) in [5, 5.41) is 12.5. The molecule has 0 amide bonds. The zero-order valence-electron chi connectivity index (χ0n) is 11.4. The number of anilines is 1. The Kier molecular flexibility index (Phi) is 3.71. The summed E-state index contributed by atoms with van der Waals surface area (Å²) in [6.07, 6.45) is 0.815. The van der Waals surface area contributed by atoms with Gasteiger partial charge in [-0.2, -0.15) is 0 Å². The largest absolute Gasteiger partial charge is 0.481 e. The third kappa shape index (κ3) is 2.68. The van der Waals surface area contributed by atoms with E-state index in [1.165, 1.54) is 0 Å². The van der Waals surface area contributed by atoms with Crippen molar-refractivity contribution in [2.75, 3.05) is 18.5 Å². The van der Waals surface area contributed by atoms with Gasteiger partial charge >= 0.3 is 5.97 Å². The summed E-state index contributed by atoms with van der Waals surface area (Å²) in [5.74, 6) is 0.481. The molecule has 1 aromatic rings. The lowest BCUT2D eigenvalue weighted by atomic mass is 9.85. The van der Waals surface area contributed by atoms with Gasteiger partial charge in [-0.1, -0.05) is 6.92 Å². The second kappa shape index (κ2) is 5.13. The first-order valence-electron chi connectivity index (χ1n) is 6.38. The Hall–Kier alpha value is -1.69. The number of carboxylic acid groups (broad SMARTS) is 1. The molecule has 1 aliphatic heterocycles. The van der Waals surface area contributed by atoms with Crippen LogP contribution in [0.3, 0.4) is 0 Å². The topological polar surface area (TPSA) is 84.3 Å². The fourth-order valence-electron chi connectivity index (χ4n) is 2.15. The maximum atomic E-state index is 11.4. The van der Waals surface area contributed by atoms with E-state index in [0.717, 1.165) is 12.1 Å². The van der Waals surface area contributed by atoms with Gasteiger partial charge in [-0.05, 0) is 20.3 Å². The molecule has 2 unspecified atom stereocenters. The Morgan fingerprint density at radius 2 is 2.37 bits per heavy atom. The Labute approximate surface area is 112 Å². The number of nitrogens with one attached hydrogen (secondary N) is 1. The summed E-state index contributed by atoms with van der Waals surface area (Å²) in [4.78, 5) is 20.0. The number of rotatable bonds is 4. The second-order valence-electron chi connectivity index (χ2n) is 5.08. The highest BCUT2D eigenvalue weighted by molar-refractivity contribution is 5.76. The third-order valence-corrected chi connectivity index (χ3v) is 3.52. The SMILES string of the molecule is CCc1cc(NC2COCC2(C)C(=O)O)nc(C)n1. The van der Waals surface area contributed by atoms with Gasteiger partial charge in [-0.3, -0.25) is 4.79 Å². The molecule has 6 heteroatoms. The second-order valence-corrected chi connectivity index (χ2v) is 5.08. The highest BCUT2D eigenvalue weighted by atomic mass is 16.5. The lowest BCUT2D eigenvalue weighted by Gasteiger charge is -2.26. The summed E-state index contributed by atoms with van der Waals surface area (Å²) in [6.45, 7) is 6.12. The van der Waals surface area contributed by atoms with Crippen LogP contribution in [0.2, 0.25) is 0 Å². The van der Waals surface area contributed by atoms with Gasteiger partial charge in [0.25, 0.3) is 0 Å². The van der Waals surface area contributed by atoms with Gasteiger partial charge in [0.1, 0.15) is 17.1 Å². The van der Waals surface area contributed by atoms with E-state index < -0.39 is 11.4 Å². The molecule has 1 aromatic heterocycles. The molecule has 2 heterocycles. The number of carboxylic acids is 1. The summed E-state index contributed by atoms with van der Waals surface area (Å²) in [6, 6.07) is 1.57. The van der Waals surface area contributed by atoms with E-state index in [2.05, 4.69) is 15.3 Å². The van der Waals surface area contributed by atoms with Gasteiger partial charge in [0.05, 0.1) is 19.3 Å². The van der Waals surface area contributed by atoms with E-state index in [9.17, 15) is 9.90 Å². The molecule has 0 spiro atoms. The van der Waals surface area contributed by atoms with Crippen molar-refractivity contribution in [1.82, 2.24) is 9.97 Å². The summed E-state index contributed by atoms with van der Waals surface area (Å²) in [7, 11) is 0. The molecular formula is C13H19N3O3. The fourth-order valence-corrected chi connectivity index (χ4v) is 2.15. The van der Waals surface area contributed by atoms with Crippen molar-refractivity contribution in [2.45, 2.75) is 33.2 Å². The normalized spacial score (nSPS) is 26.4. The Bertz CT molecular complexity index is 492. The molecule has 2 N–H and O–H groups in total. The average Bonchev–Trinajstić information content (AvgIpc) is 2.71. The van der Waals surface area contributed by atoms with Crippen molar-refractivity contribution >= 4 is 11.8 Å². The maximum Gasteiger partial charge on any atom is 0.313 e. The molecule has 1 fully saturated rings. The number of ether oxygens (including phenoxy) is 1.